The van der Waals surface area contributed by atoms with Gasteiger partial charge in [0.25, 0.3) is 0 Å². The van der Waals surface area contributed by atoms with Gasteiger partial charge in [-0.3, -0.25) is 14.4 Å². The number of amides is 3. The number of phenols is 1. The lowest BCUT2D eigenvalue weighted by atomic mass is 10.1. The monoisotopic (exact) mass is 516 g/mol. The van der Waals surface area contributed by atoms with Crippen LogP contribution in [0.4, 0.5) is 0 Å². The predicted octanol–water partition coefficient (Wildman–Crippen LogP) is -1.14. The van der Waals surface area contributed by atoms with Gasteiger partial charge in [-0.2, -0.15) is 24.4 Å². The van der Waals surface area contributed by atoms with Crippen LogP contribution in [0.15, 0.2) is 24.3 Å². The molecule has 0 spiro atoms. The number of carboxylic acids is 1. The Labute approximate surface area is 207 Å². The molecular weight excluding hydrogens is 484 g/mol. The summed E-state index contributed by atoms with van der Waals surface area (Å²) in [7, 11) is 0. The van der Waals surface area contributed by atoms with Crippen molar-refractivity contribution in [3.05, 3.63) is 29.8 Å². The van der Waals surface area contributed by atoms with E-state index in [1.165, 1.54) is 30.8 Å². The number of hydrogen-bond donors (Lipinski definition) is 8. The number of thiol groups is 1. The minimum absolute atomic E-state index is 0.0776. The van der Waals surface area contributed by atoms with Crippen LogP contribution in [-0.4, -0.2) is 87.0 Å². The standard InChI is InChI=1S/C21H32N4O7S2/c1-11(26)17(21(31)32)25-19(29)15(7-8-34-2)23-20(30)16(10-33)24-18(28)14(22)9-12-3-5-13(27)6-4-12/h3-6,11,14-17,26-27,33H,7-10,22H2,1-2H3,(H,23,30)(H,24,28)(H,25,29)(H,31,32). The minimum Gasteiger partial charge on any atom is -0.508 e. The molecule has 0 saturated carbocycles. The Morgan fingerprint density at radius 1 is 1.03 bits per heavy atom. The van der Waals surface area contributed by atoms with E-state index in [9.17, 15) is 34.5 Å². The van der Waals surface area contributed by atoms with Gasteiger partial charge < -0.3 is 37.0 Å². The van der Waals surface area contributed by atoms with E-state index >= 15 is 0 Å². The maximum Gasteiger partial charge on any atom is 0.328 e. The van der Waals surface area contributed by atoms with Gasteiger partial charge in [0, 0.05) is 5.75 Å². The Balaban J connectivity index is 2.81. The molecule has 190 valence electrons. The molecule has 1 aromatic carbocycles. The summed E-state index contributed by atoms with van der Waals surface area (Å²) in [5, 5.41) is 35.4. The summed E-state index contributed by atoms with van der Waals surface area (Å²) >= 11 is 5.53. The summed E-state index contributed by atoms with van der Waals surface area (Å²) < 4.78 is 0. The molecule has 0 aliphatic heterocycles. The first-order valence-electron chi connectivity index (χ1n) is 10.4. The number of nitrogens with one attached hydrogen (secondary N) is 3. The highest BCUT2D eigenvalue weighted by Crippen LogP contribution is 2.11. The van der Waals surface area contributed by atoms with Crippen LogP contribution in [0, 0.1) is 0 Å². The zero-order valence-corrected chi connectivity index (χ0v) is 20.6. The van der Waals surface area contributed by atoms with Gasteiger partial charge in [-0.1, -0.05) is 12.1 Å². The lowest BCUT2D eigenvalue weighted by molar-refractivity contribution is -0.145. The third-order valence-electron chi connectivity index (χ3n) is 4.83. The van der Waals surface area contributed by atoms with Crippen molar-refractivity contribution in [3.8, 4) is 5.75 Å². The number of carbonyl (C=O) groups excluding carboxylic acids is 3. The van der Waals surface area contributed by atoms with Gasteiger partial charge in [-0.05, 0) is 49.5 Å². The fourth-order valence-electron chi connectivity index (χ4n) is 2.87. The fraction of sp³-hybridized carbons (Fsp3) is 0.524. The number of aliphatic carboxylic acids is 1. The molecule has 0 heterocycles. The Hall–Kier alpha value is -2.48. The van der Waals surface area contributed by atoms with E-state index in [4.69, 9.17) is 5.73 Å². The molecule has 5 atom stereocenters. The van der Waals surface area contributed by atoms with Crippen LogP contribution in [-0.2, 0) is 25.6 Å². The van der Waals surface area contributed by atoms with E-state index in [0.717, 1.165) is 0 Å². The summed E-state index contributed by atoms with van der Waals surface area (Å²) in [5.74, 6) is -2.99. The summed E-state index contributed by atoms with van der Waals surface area (Å²) in [6, 6.07) is 1.48. The topological polar surface area (TPSA) is 191 Å². The van der Waals surface area contributed by atoms with E-state index in [1.807, 2.05) is 0 Å². The van der Waals surface area contributed by atoms with Crippen molar-refractivity contribution in [2.24, 2.45) is 5.73 Å². The second-order valence-electron chi connectivity index (χ2n) is 7.63. The first kappa shape index (κ1) is 29.6. The molecule has 1 aromatic rings. The maximum atomic E-state index is 12.8. The van der Waals surface area contributed by atoms with Crippen LogP contribution >= 0.6 is 24.4 Å². The molecule has 5 unspecified atom stereocenters. The third-order valence-corrected chi connectivity index (χ3v) is 5.84. The highest BCUT2D eigenvalue weighted by Gasteiger charge is 2.31. The van der Waals surface area contributed by atoms with Crippen molar-refractivity contribution in [1.29, 1.82) is 0 Å². The van der Waals surface area contributed by atoms with Crippen LogP contribution < -0.4 is 21.7 Å². The van der Waals surface area contributed by atoms with Gasteiger partial charge >= 0.3 is 5.97 Å². The molecule has 0 fully saturated rings. The average molecular weight is 517 g/mol. The number of hydrogen-bond acceptors (Lipinski definition) is 9. The number of phenolic OH excluding ortho intramolecular Hbond substituents is 1. The summed E-state index contributed by atoms with van der Waals surface area (Å²) in [4.78, 5) is 49.2. The smallest absolute Gasteiger partial charge is 0.328 e. The lowest BCUT2D eigenvalue weighted by Gasteiger charge is -2.25. The number of benzene rings is 1. The van der Waals surface area contributed by atoms with Gasteiger partial charge in [0.1, 0.15) is 17.8 Å². The van der Waals surface area contributed by atoms with Crippen LogP contribution in [0.5, 0.6) is 5.75 Å². The van der Waals surface area contributed by atoms with Crippen LogP contribution in [0.3, 0.4) is 0 Å². The second-order valence-corrected chi connectivity index (χ2v) is 8.98. The molecule has 0 saturated heterocycles. The Kier molecular flexibility index (Phi) is 12.8. The number of thioether (sulfide) groups is 1. The molecule has 0 aliphatic rings. The summed E-state index contributed by atoms with van der Waals surface area (Å²) in [6.07, 6.45) is 0.817. The highest BCUT2D eigenvalue weighted by atomic mass is 32.2. The Bertz CT molecular complexity index is 839. The average Bonchev–Trinajstić information content (AvgIpc) is 2.78. The van der Waals surface area contributed by atoms with Crippen molar-refractivity contribution in [1.82, 2.24) is 16.0 Å². The molecule has 0 radical (unpaired) electrons. The van der Waals surface area contributed by atoms with Gasteiger partial charge in [-0.25, -0.2) is 4.79 Å². The number of carboxylic acid groups (broad SMARTS) is 1. The minimum atomic E-state index is -1.54. The Morgan fingerprint density at radius 2 is 1.59 bits per heavy atom. The number of aliphatic hydroxyl groups excluding tert-OH is 1. The fourth-order valence-corrected chi connectivity index (χ4v) is 3.60. The molecule has 0 aliphatic carbocycles. The number of aliphatic hydroxyl groups is 1. The lowest BCUT2D eigenvalue weighted by Crippen LogP contribution is -2.58. The molecular formula is C21H32N4O7S2. The first-order chi connectivity index (χ1) is 16.0. The normalized spacial score (nSPS) is 15.3. The van der Waals surface area contributed by atoms with Gasteiger partial charge in [0.15, 0.2) is 6.04 Å². The van der Waals surface area contributed by atoms with Crippen LogP contribution in [0.25, 0.3) is 0 Å². The van der Waals surface area contributed by atoms with Crippen molar-refractivity contribution in [3.63, 3.8) is 0 Å². The van der Waals surface area contributed by atoms with Crippen molar-refractivity contribution in [2.45, 2.75) is 50.0 Å². The van der Waals surface area contributed by atoms with Crippen molar-refractivity contribution < 1.29 is 34.5 Å². The molecule has 34 heavy (non-hydrogen) atoms. The zero-order chi connectivity index (χ0) is 25.8. The van der Waals surface area contributed by atoms with Crippen LogP contribution in [0.2, 0.25) is 0 Å². The van der Waals surface area contributed by atoms with E-state index in [2.05, 4.69) is 28.6 Å². The molecule has 0 aromatic heterocycles. The zero-order valence-electron chi connectivity index (χ0n) is 18.9. The van der Waals surface area contributed by atoms with Gasteiger partial charge in [-0.15, -0.1) is 0 Å². The maximum absolute atomic E-state index is 12.8. The van der Waals surface area contributed by atoms with Crippen molar-refractivity contribution in [2.75, 3.05) is 17.8 Å². The number of nitrogens with two attached hydrogens (primary N) is 1. The molecule has 3 amide bonds. The Morgan fingerprint density at radius 3 is 2.09 bits per heavy atom. The first-order valence-corrected chi connectivity index (χ1v) is 12.5. The third kappa shape index (κ3) is 9.79. The second kappa shape index (κ2) is 14.7. The van der Waals surface area contributed by atoms with Crippen molar-refractivity contribution >= 4 is 48.1 Å². The molecule has 13 heteroatoms. The molecule has 1 rings (SSSR count). The van der Waals surface area contributed by atoms with Gasteiger partial charge in [0.05, 0.1) is 12.1 Å². The van der Waals surface area contributed by atoms with Gasteiger partial charge in [0.2, 0.25) is 17.7 Å². The largest absolute Gasteiger partial charge is 0.508 e. The SMILES string of the molecule is CSCCC(NC(=O)C(CS)NC(=O)C(N)Cc1ccc(O)cc1)C(=O)NC(C(=O)O)C(C)O. The highest BCUT2D eigenvalue weighted by molar-refractivity contribution is 7.98. The predicted molar refractivity (Wildman–Crippen MR) is 132 cm³/mol. The van der Waals surface area contributed by atoms with E-state index in [-0.39, 0.29) is 24.3 Å². The van der Waals surface area contributed by atoms with E-state index in [1.54, 1.807) is 18.4 Å². The molecule has 8 N–H and O–H groups in total. The summed E-state index contributed by atoms with van der Waals surface area (Å²) in [6.45, 7) is 1.22. The number of carbonyl (C=O) groups is 4. The van der Waals surface area contributed by atoms with E-state index in [0.29, 0.717) is 11.3 Å². The van der Waals surface area contributed by atoms with Crippen LogP contribution in [0.1, 0.15) is 18.9 Å². The van der Waals surface area contributed by atoms with E-state index < -0.39 is 54.0 Å². The molecule has 11 nitrogen and oxygen atoms in total. The molecule has 0 bridgehead atoms. The number of rotatable bonds is 14. The summed E-state index contributed by atoms with van der Waals surface area (Å²) in [5.41, 5.74) is 6.65. The quantitative estimate of drug-likeness (QED) is 0.141. The number of aromatic hydroxyl groups is 1.